The third kappa shape index (κ3) is 2.05. The number of benzene rings is 1. The molecule has 4 nitrogen and oxygen atoms in total. The van der Waals surface area contributed by atoms with Crippen LogP contribution in [0.3, 0.4) is 0 Å². The molecule has 0 aliphatic heterocycles. The van der Waals surface area contributed by atoms with Crippen LogP contribution in [0.5, 0.6) is 0 Å². The van der Waals surface area contributed by atoms with Gasteiger partial charge in [-0.15, -0.1) is 0 Å². The van der Waals surface area contributed by atoms with E-state index in [1.807, 2.05) is 0 Å². The van der Waals surface area contributed by atoms with Crippen molar-refractivity contribution < 1.29 is 0 Å². The molecule has 90 valence electrons. The van der Waals surface area contributed by atoms with E-state index < -0.39 is 0 Å². The third-order valence-corrected chi connectivity index (χ3v) is 3.45. The second-order valence-corrected chi connectivity index (χ2v) is 4.75. The van der Waals surface area contributed by atoms with Crippen molar-refractivity contribution in [1.29, 1.82) is 0 Å². The quantitative estimate of drug-likeness (QED) is 0.872. The zero-order valence-electron chi connectivity index (χ0n) is 10.0. The first-order valence-corrected chi connectivity index (χ1v) is 6.43. The summed E-state index contributed by atoms with van der Waals surface area (Å²) in [4.78, 5) is 1.78. The summed E-state index contributed by atoms with van der Waals surface area (Å²) in [5.74, 6) is 0. The van der Waals surface area contributed by atoms with Crippen LogP contribution in [0.25, 0.3) is 11.0 Å². The van der Waals surface area contributed by atoms with Gasteiger partial charge in [0, 0.05) is 0 Å². The zero-order valence-corrected chi connectivity index (χ0v) is 10.0. The lowest BCUT2D eigenvalue weighted by atomic mass is 9.91. The summed E-state index contributed by atoms with van der Waals surface area (Å²) < 4.78 is 0. The smallest absolute Gasteiger partial charge is 0.113 e. The molecule has 17 heavy (non-hydrogen) atoms. The van der Waals surface area contributed by atoms with Crippen LogP contribution in [0, 0.1) is 0 Å². The highest BCUT2D eigenvalue weighted by Crippen LogP contribution is 2.24. The number of aromatic nitrogens is 3. The van der Waals surface area contributed by atoms with E-state index in [1.54, 1.807) is 4.80 Å². The Morgan fingerprint density at radius 1 is 1.06 bits per heavy atom. The molecule has 1 aliphatic rings. The first kappa shape index (κ1) is 10.7. The molecular formula is C13H18N4. The number of aryl methyl sites for hydroxylation is 3. The standard InChI is InChI=1S/C13H18N4/c14-6-3-7-17-15-12-8-10-4-1-2-5-11(10)9-13(12)16-17/h8-9H,1-7,14H2. The minimum atomic E-state index is 0.689. The van der Waals surface area contributed by atoms with E-state index in [2.05, 4.69) is 22.3 Å². The fourth-order valence-corrected chi connectivity index (χ4v) is 2.52. The van der Waals surface area contributed by atoms with Crippen LogP contribution in [0.2, 0.25) is 0 Å². The molecule has 0 spiro atoms. The van der Waals surface area contributed by atoms with E-state index in [-0.39, 0.29) is 0 Å². The van der Waals surface area contributed by atoms with Crippen molar-refractivity contribution in [2.45, 2.75) is 38.6 Å². The van der Waals surface area contributed by atoms with Crippen LogP contribution in [0.1, 0.15) is 30.4 Å². The Morgan fingerprint density at radius 2 is 1.65 bits per heavy atom. The Kier molecular flexibility index (Phi) is 2.81. The van der Waals surface area contributed by atoms with Gasteiger partial charge in [-0.05, 0) is 61.9 Å². The zero-order chi connectivity index (χ0) is 11.7. The second kappa shape index (κ2) is 4.45. The van der Waals surface area contributed by atoms with Crippen molar-refractivity contribution in [3.05, 3.63) is 23.3 Å². The van der Waals surface area contributed by atoms with Crippen molar-refractivity contribution in [2.24, 2.45) is 5.73 Å². The van der Waals surface area contributed by atoms with Gasteiger partial charge in [0.2, 0.25) is 0 Å². The van der Waals surface area contributed by atoms with Gasteiger partial charge in [-0.3, -0.25) is 0 Å². The Balaban J connectivity index is 1.98. The average Bonchev–Trinajstić information content (AvgIpc) is 2.75. The van der Waals surface area contributed by atoms with Crippen LogP contribution in [0.4, 0.5) is 0 Å². The van der Waals surface area contributed by atoms with Crippen LogP contribution in [-0.4, -0.2) is 21.5 Å². The van der Waals surface area contributed by atoms with E-state index in [1.165, 1.54) is 36.8 Å². The first-order chi connectivity index (χ1) is 8.36. The maximum Gasteiger partial charge on any atom is 0.113 e. The molecule has 1 aromatic carbocycles. The lowest BCUT2D eigenvalue weighted by Gasteiger charge is -2.14. The van der Waals surface area contributed by atoms with Gasteiger partial charge in [0.05, 0.1) is 6.54 Å². The first-order valence-electron chi connectivity index (χ1n) is 6.43. The topological polar surface area (TPSA) is 56.7 Å². The van der Waals surface area contributed by atoms with E-state index >= 15 is 0 Å². The van der Waals surface area contributed by atoms with Crippen LogP contribution >= 0.6 is 0 Å². The molecular weight excluding hydrogens is 212 g/mol. The fourth-order valence-electron chi connectivity index (χ4n) is 2.52. The van der Waals surface area contributed by atoms with E-state index in [0.717, 1.165) is 24.0 Å². The van der Waals surface area contributed by atoms with Crippen LogP contribution in [-0.2, 0) is 19.4 Å². The van der Waals surface area contributed by atoms with Crippen molar-refractivity contribution in [3.8, 4) is 0 Å². The minimum absolute atomic E-state index is 0.689. The SMILES string of the molecule is NCCCn1nc2cc3c(cc2n1)CCCC3. The molecule has 0 bridgehead atoms. The molecule has 0 radical (unpaired) electrons. The van der Waals surface area contributed by atoms with E-state index in [0.29, 0.717) is 6.54 Å². The molecule has 1 aliphatic carbocycles. The predicted molar refractivity (Wildman–Crippen MR) is 67.8 cm³/mol. The molecule has 2 N–H and O–H groups in total. The number of fused-ring (bicyclic) bond motifs is 2. The van der Waals surface area contributed by atoms with Crippen molar-refractivity contribution in [1.82, 2.24) is 15.0 Å². The summed E-state index contributed by atoms with van der Waals surface area (Å²) in [6.45, 7) is 1.50. The molecule has 0 atom stereocenters. The fraction of sp³-hybridized carbons (Fsp3) is 0.538. The molecule has 1 aromatic heterocycles. The van der Waals surface area contributed by atoms with Crippen molar-refractivity contribution in [2.75, 3.05) is 6.54 Å². The Morgan fingerprint density at radius 3 is 2.18 bits per heavy atom. The van der Waals surface area contributed by atoms with Crippen LogP contribution < -0.4 is 5.73 Å². The number of rotatable bonds is 3. The number of nitrogens with two attached hydrogens (primary N) is 1. The largest absolute Gasteiger partial charge is 0.330 e. The molecule has 0 amide bonds. The summed E-state index contributed by atoms with van der Waals surface area (Å²) in [6, 6.07) is 4.44. The predicted octanol–water partition coefficient (Wildman–Crippen LogP) is 1.66. The van der Waals surface area contributed by atoms with Gasteiger partial charge in [-0.25, -0.2) is 0 Å². The van der Waals surface area contributed by atoms with Gasteiger partial charge in [0.25, 0.3) is 0 Å². The molecule has 1 heterocycles. The monoisotopic (exact) mass is 230 g/mol. The lowest BCUT2D eigenvalue weighted by molar-refractivity contribution is 0.523. The van der Waals surface area contributed by atoms with Gasteiger partial charge in [-0.2, -0.15) is 15.0 Å². The third-order valence-electron chi connectivity index (χ3n) is 3.45. The lowest BCUT2D eigenvalue weighted by Crippen LogP contribution is -2.07. The highest BCUT2D eigenvalue weighted by molar-refractivity contribution is 5.76. The van der Waals surface area contributed by atoms with Crippen molar-refractivity contribution >= 4 is 11.0 Å². The molecule has 3 rings (SSSR count). The summed E-state index contributed by atoms with van der Waals surface area (Å²) >= 11 is 0. The van der Waals surface area contributed by atoms with Gasteiger partial charge < -0.3 is 5.73 Å². The average molecular weight is 230 g/mol. The molecule has 0 unspecified atom stereocenters. The van der Waals surface area contributed by atoms with Crippen LogP contribution in [0.15, 0.2) is 12.1 Å². The normalized spacial score (nSPS) is 15.1. The van der Waals surface area contributed by atoms with E-state index in [4.69, 9.17) is 5.73 Å². The number of hydrogen-bond donors (Lipinski definition) is 1. The van der Waals surface area contributed by atoms with Gasteiger partial charge in [0.1, 0.15) is 11.0 Å². The van der Waals surface area contributed by atoms with Gasteiger partial charge >= 0.3 is 0 Å². The molecule has 0 fully saturated rings. The molecule has 4 heteroatoms. The molecule has 0 saturated carbocycles. The molecule has 0 saturated heterocycles. The maximum absolute atomic E-state index is 5.50. The molecule has 2 aromatic rings. The number of hydrogen-bond acceptors (Lipinski definition) is 3. The highest BCUT2D eigenvalue weighted by Gasteiger charge is 2.12. The second-order valence-electron chi connectivity index (χ2n) is 4.75. The van der Waals surface area contributed by atoms with Gasteiger partial charge in [0.15, 0.2) is 0 Å². The Hall–Kier alpha value is -1.42. The number of nitrogens with zero attached hydrogens (tertiary/aromatic N) is 3. The van der Waals surface area contributed by atoms with Gasteiger partial charge in [-0.1, -0.05) is 0 Å². The highest BCUT2D eigenvalue weighted by atomic mass is 15.5. The van der Waals surface area contributed by atoms with E-state index in [9.17, 15) is 0 Å². The summed E-state index contributed by atoms with van der Waals surface area (Å²) in [6.07, 6.45) is 5.93. The summed E-state index contributed by atoms with van der Waals surface area (Å²) in [5, 5.41) is 9.02. The summed E-state index contributed by atoms with van der Waals surface area (Å²) in [5.41, 5.74) is 10.5. The Labute approximate surface area is 101 Å². The van der Waals surface area contributed by atoms with Crippen molar-refractivity contribution in [3.63, 3.8) is 0 Å². The summed E-state index contributed by atoms with van der Waals surface area (Å²) in [7, 11) is 0. The minimum Gasteiger partial charge on any atom is -0.330 e. The maximum atomic E-state index is 5.50. The Bertz CT molecular complexity index is 486.